The maximum absolute atomic E-state index is 12.8. The summed E-state index contributed by atoms with van der Waals surface area (Å²) < 4.78 is 0. The Balaban J connectivity index is 0.000000132. The van der Waals surface area contributed by atoms with E-state index < -0.39 is 5.78 Å². The number of hydrogen-bond donors (Lipinski definition) is 0. The first-order chi connectivity index (χ1) is 19.5. The molecule has 0 radical (unpaired) electrons. The Hall–Kier alpha value is -4.44. The van der Waals surface area contributed by atoms with Gasteiger partial charge in [0.15, 0.2) is 11.6 Å². The lowest BCUT2D eigenvalue weighted by molar-refractivity contribution is -0.110. The van der Waals surface area contributed by atoms with Gasteiger partial charge in [-0.3, -0.25) is 19.2 Å². The van der Waals surface area contributed by atoms with Gasteiger partial charge in [-0.15, -0.1) is 0 Å². The van der Waals surface area contributed by atoms with Gasteiger partial charge >= 0.3 is 0 Å². The van der Waals surface area contributed by atoms with Gasteiger partial charge < -0.3 is 0 Å². The highest BCUT2D eigenvalue weighted by molar-refractivity contribution is 6.50. The second-order valence-electron chi connectivity index (χ2n) is 11.2. The van der Waals surface area contributed by atoms with Crippen molar-refractivity contribution >= 4 is 40.0 Å². The molecule has 0 N–H and O–H groups in total. The SMILES string of the molecule is O=C1C=Cc2cc3cc4c(cc3cc2C1=O)CCCC4.O=C1c2ccccc2C(=O)c2c1ccc1c2CCCC1. The van der Waals surface area contributed by atoms with Gasteiger partial charge in [-0.25, -0.2) is 0 Å². The largest absolute Gasteiger partial charge is 0.289 e. The summed E-state index contributed by atoms with van der Waals surface area (Å²) in [5, 5.41) is 2.23. The molecule has 0 saturated heterocycles. The molecule has 0 saturated carbocycles. The lowest BCUT2D eigenvalue weighted by Gasteiger charge is -2.24. The molecule has 0 heterocycles. The molecule has 4 aromatic rings. The first-order valence-electron chi connectivity index (χ1n) is 14.2. The van der Waals surface area contributed by atoms with Crippen LogP contribution in [-0.4, -0.2) is 23.1 Å². The number of carbonyl (C=O) groups is 4. The molecule has 0 fully saturated rings. The van der Waals surface area contributed by atoms with Crippen LogP contribution >= 0.6 is 0 Å². The standard InChI is InChI=1S/2C18H14O2/c19-17-13-7-3-4-8-14(13)18(20)16-12-6-2-1-5-11(12)9-10-15(16)17;19-17-6-5-13-9-14-7-11-3-1-2-4-12(11)8-15(14)10-16(13)18(17)20/h3-4,7-10H,1-2,5-6H2;5-10H,1-4H2. The average Bonchev–Trinajstić information content (AvgIpc) is 3.00. The van der Waals surface area contributed by atoms with E-state index in [0.717, 1.165) is 54.0 Å². The van der Waals surface area contributed by atoms with Gasteiger partial charge in [0.25, 0.3) is 0 Å². The second kappa shape index (κ2) is 9.63. The molecule has 0 spiro atoms. The third-order valence-corrected chi connectivity index (χ3v) is 8.77. The van der Waals surface area contributed by atoms with Gasteiger partial charge in [0.05, 0.1) is 0 Å². The van der Waals surface area contributed by atoms with E-state index in [0.29, 0.717) is 27.8 Å². The molecule has 40 heavy (non-hydrogen) atoms. The van der Waals surface area contributed by atoms with Crippen molar-refractivity contribution in [1.29, 1.82) is 0 Å². The molecule has 0 aliphatic heterocycles. The molecular formula is C36H28O4. The van der Waals surface area contributed by atoms with E-state index in [1.54, 1.807) is 18.2 Å². The van der Waals surface area contributed by atoms with E-state index in [9.17, 15) is 19.2 Å². The van der Waals surface area contributed by atoms with Crippen LogP contribution in [0.1, 0.15) is 95.7 Å². The van der Waals surface area contributed by atoms with Crippen LogP contribution < -0.4 is 0 Å². The van der Waals surface area contributed by atoms with Crippen LogP contribution in [0, 0.1) is 0 Å². The molecule has 4 nitrogen and oxygen atoms in total. The molecule has 0 aromatic heterocycles. The summed E-state index contributed by atoms with van der Waals surface area (Å²) in [7, 11) is 0. The second-order valence-corrected chi connectivity index (χ2v) is 11.2. The summed E-state index contributed by atoms with van der Waals surface area (Å²) in [4.78, 5) is 48.8. The zero-order chi connectivity index (χ0) is 27.4. The first kappa shape index (κ1) is 24.6. The molecule has 0 unspecified atom stereocenters. The van der Waals surface area contributed by atoms with Crippen LogP contribution in [-0.2, 0) is 30.5 Å². The Morgan fingerprint density at radius 3 is 1.82 bits per heavy atom. The fourth-order valence-electron chi connectivity index (χ4n) is 6.70. The van der Waals surface area contributed by atoms with Crippen molar-refractivity contribution in [3.8, 4) is 0 Å². The topological polar surface area (TPSA) is 68.3 Å². The Kier molecular flexibility index (Phi) is 5.92. The fraction of sp³-hybridized carbons (Fsp3) is 0.222. The van der Waals surface area contributed by atoms with Crippen molar-refractivity contribution in [1.82, 2.24) is 0 Å². The minimum atomic E-state index is -0.421. The molecule has 4 heteroatoms. The van der Waals surface area contributed by atoms with Crippen LogP contribution in [0.15, 0.2) is 66.7 Å². The van der Waals surface area contributed by atoms with Crippen molar-refractivity contribution in [3.63, 3.8) is 0 Å². The Morgan fingerprint density at radius 1 is 0.475 bits per heavy atom. The highest BCUT2D eigenvalue weighted by atomic mass is 16.2. The molecule has 8 rings (SSSR count). The van der Waals surface area contributed by atoms with Crippen LogP contribution in [0.25, 0.3) is 16.8 Å². The van der Waals surface area contributed by atoms with E-state index in [1.807, 2.05) is 36.4 Å². The summed E-state index contributed by atoms with van der Waals surface area (Å²) in [6, 6.07) is 19.4. The van der Waals surface area contributed by atoms with Gasteiger partial charge in [0.2, 0.25) is 11.6 Å². The number of benzene rings is 4. The number of ketones is 4. The average molecular weight is 525 g/mol. The van der Waals surface area contributed by atoms with Gasteiger partial charge in [-0.05, 0) is 114 Å². The Bertz CT molecular complexity index is 1820. The van der Waals surface area contributed by atoms with E-state index >= 15 is 0 Å². The molecule has 196 valence electrons. The molecular weight excluding hydrogens is 496 g/mol. The number of rotatable bonds is 0. The molecule has 4 aliphatic rings. The maximum Gasteiger partial charge on any atom is 0.233 e. The number of aryl methyl sites for hydroxylation is 3. The van der Waals surface area contributed by atoms with Crippen molar-refractivity contribution < 1.29 is 19.2 Å². The van der Waals surface area contributed by atoms with E-state index in [1.165, 1.54) is 42.0 Å². The lowest BCUT2D eigenvalue weighted by atomic mass is 9.77. The quantitative estimate of drug-likeness (QED) is 0.208. The van der Waals surface area contributed by atoms with Crippen LogP contribution in [0.2, 0.25) is 0 Å². The summed E-state index contributed by atoms with van der Waals surface area (Å²) in [5.41, 5.74) is 8.96. The summed E-state index contributed by atoms with van der Waals surface area (Å²) in [6.07, 6.45) is 12.1. The smallest absolute Gasteiger partial charge is 0.233 e. The predicted octanol–water partition coefficient (Wildman–Crippen LogP) is 6.84. The van der Waals surface area contributed by atoms with Gasteiger partial charge in [-0.2, -0.15) is 0 Å². The van der Waals surface area contributed by atoms with Crippen LogP contribution in [0.5, 0.6) is 0 Å². The third-order valence-electron chi connectivity index (χ3n) is 8.77. The number of fused-ring (bicyclic) bond motifs is 7. The fourth-order valence-corrected chi connectivity index (χ4v) is 6.70. The van der Waals surface area contributed by atoms with Gasteiger partial charge in [0.1, 0.15) is 0 Å². The molecule has 0 amide bonds. The predicted molar refractivity (Wildman–Crippen MR) is 155 cm³/mol. The Labute approximate surface area is 232 Å². The molecule has 0 bridgehead atoms. The maximum atomic E-state index is 12.8. The normalized spacial score (nSPS) is 16.8. The summed E-state index contributed by atoms with van der Waals surface area (Å²) in [6.45, 7) is 0. The monoisotopic (exact) mass is 524 g/mol. The zero-order valence-electron chi connectivity index (χ0n) is 22.2. The first-order valence-corrected chi connectivity index (χ1v) is 14.2. The summed E-state index contributed by atoms with van der Waals surface area (Å²) >= 11 is 0. The number of allylic oxidation sites excluding steroid dienone is 1. The van der Waals surface area contributed by atoms with Crippen LogP contribution in [0.3, 0.4) is 0 Å². The molecule has 4 aromatic carbocycles. The number of Topliss-reactive ketones (excluding diaryl/α,β-unsaturated/α-hetero) is 1. The van der Waals surface area contributed by atoms with Crippen molar-refractivity contribution in [3.05, 3.63) is 122 Å². The lowest BCUT2D eigenvalue weighted by Crippen LogP contribution is -2.24. The highest BCUT2D eigenvalue weighted by Crippen LogP contribution is 2.34. The Morgan fingerprint density at radius 2 is 1.10 bits per heavy atom. The van der Waals surface area contributed by atoms with Gasteiger partial charge in [-0.1, -0.05) is 48.5 Å². The van der Waals surface area contributed by atoms with Crippen molar-refractivity contribution in [2.45, 2.75) is 51.4 Å². The molecule has 4 aliphatic carbocycles. The van der Waals surface area contributed by atoms with Crippen molar-refractivity contribution in [2.24, 2.45) is 0 Å². The minimum absolute atomic E-state index is 0.0106. The van der Waals surface area contributed by atoms with E-state index in [4.69, 9.17) is 0 Å². The van der Waals surface area contributed by atoms with E-state index in [-0.39, 0.29) is 17.3 Å². The van der Waals surface area contributed by atoms with Crippen LogP contribution in [0.4, 0.5) is 0 Å². The highest BCUT2D eigenvalue weighted by Gasteiger charge is 2.32. The van der Waals surface area contributed by atoms with Gasteiger partial charge in [0, 0.05) is 27.8 Å². The third kappa shape index (κ3) is 3.98. The summed E-state index contributed by atoms with van der Waals surface area (Å²) in [5.74, 6) is -0.797. The number of carbonyl (C=O) groups excluding carboxylic acids is 4. The van der Waals surface area contributed by atoms with E-state index in [2.05, 4.69) is 12.1 Å². The number of hydrogen-bond acceptors (Lipinski definition) is 4. The zero-order valence-corrected chi connectivity index (χ0v) is 22.2. The minimum Gasteiger partial charge on any atom is -0.289 e. The molecule has 0 atom stereocenters. The van der Waals surface area contributed by atoms with Crippen molar-refractivity contribution in [2.75, 3.05) is 0 Å².